The standard InChI is InChI=1S/C13H28N2O3/c1-5-17-11-10-15(4)9-7-8-13(3,14)12(16)18-6-2/h5-11,14H2,1-4H3. The van der Waals surface area contributed by atoms with Crippen molar-refractivity contribution in [3.63, 3.8) is 0 Å². The van der Waals surface area contributed by atoms with Crippen molar-refractivity contribution >= 4 is 5.97 Å². The molecule has 1 atom stereocenters. The van der Waals surface area contributed by atoms with Crippen LogP contribution in [0.5, 0.6) is 0 Å². The van der Waals surface area contributed by atoms with Gasteiger partial charge in [0.2, 0.25) is 0 Å². The Morgan fingerprint density at radius 1 is 1.28 bits per heavy atom. The highest BCUT2D eigenvalue weighted by molar-refractivity contribution is 5.79. The number of esters is 1. The van der Waals surface area contributed by atoms with Gasteiger partial charge in [-0.25, -0.2) is 0 Å². The van der Waals surface area contributed by atoms with Crippen molar-refractivity contribution in [2.24, 2.45) is 5.73 Å². The van der Waals surface area contributed by atoms with E-state index in [0.29, 0.717) is 13.0 Å². The molecule has 0 amide bonds. The molecule has 0 aliphatic carbocycles. The zero-order chi connectivity index (χ0) is 14.0. The van der Waals surface area contributed by atoms with Gasteiger partial charge in [0.25, 0.3) is 0 Å². The number of likely N-dealkylation sites (N-methyl/N-ethyl adjacent to an activating group) is 1. The van der Waals surface area contributed by atoms with Crippen LogP contribution < -0.4 is 5.73 Å². The lowest BCUT2D eigenvalue weighted by Crippen LogP contribution is -2.46. The maximum Gasteiger partial charge on any atom is 0.325 e. The summed E-state index contributed by atoms with van der Waals surface area (Å²) in [5.41, 5.74) is 5.06. The fourth-order valence-electron chi connectivity index (χ4n) is 1.59. The van der Waals surface area contributed by atoms with Crippen molar-refractivity contribution in [1.82, 2.24) is 4.90 Å². The van der Waals surface area contributed by atoms with Crippen LogP contribution in [0, 0.1) is 0 Å². The van der Waals surface area contributed by atoms with E-state index in [4.69, 9.17) is 15.2 Å². The van der Waals surface area contributed by atoms with Gasteiger partial charge in [-0.15, -0.1) is 0 Å². The van der Waals surface area contributed by atoms with Crippen LogP contribution in [-0.4, -0.2) is 56.4 Å². The number of nitrogens with zero attached hydrogens (tertiary/aromatic N) is 1. The van der Waals surface area contributed by atoms with Crippen LogP contribution in [0.3, 0.4) is 0 Å². The lowest BCUT2D eigenvalue weighted by Gasteiger charge is -2.23. The van der Waals surface area contributed by atoms with Gasteiger partial charge in [-0.05, 0) is 47.2 Å². The molecule has 18 heavy (non-hydrogen) atoms. The molecular weight excluding hydrogens is 232 g/mol. The molecule has 0 saturated carbocycles. The van der Waals surface area contributed by atoms with Gasteiger partial charge in [0, 0.05) is 13.2 Å². The second-order valence-electron chi connectivity index (χ2n) is 4.74. The summed E-state index contributed by atoms with van der Waals surface area (Å²) >= 11 is 0. The molecule has 2 N–H and O–H groups in total. The Labute approximate surface area is 111 Å². The topological polar surface area (TPSA) is 64.8 Å². The molecule has 5 nitrogen and oxygen atoms in total. The number of hydrogen-bond acceptors (Lipinski definition) is 5. The van der Waals surface area contributed by atoms with E-state index in [9.17, 15) is 4.79 Å². The highest BCUT2D eigenvalue weighted by Crippen LogP contribution is 2.11. The van der Waals surface area contributed by atoms with Crippen molar-refractivity contribution < 1.29 is 14.3 Å². The van der Waals surface area contributed by atoms with Gasteiger partial charge in [-0.2, -0.15) is 0 Å². The zero-order valence-electron chi connectivity index (χ0n) is 12.2. The summed E-state index contributed by atoms with van der Waals surface area (Å²) in [5, 5.41) is 0. The Balaban J connectivity index is 3.77. The van der Waals surface area contributed by atoms with Crippen LogP contribution in [0.25, 0.3) is 0 Å². The van der Waals surface area contributed by atoms with Gasteiger partial charge >= 0.3 is 5.97 Å². The molecular formula is C13H28N2O3. The molecule has 0 aliphatic rings. The fourth-order valence-corrected chi connectivity index (χ4v) is 1.59. The Bertz CT molecular complexity index is 232. The van der Waals surface area contributed by atoms with Crippen LogP contribution in [0.4, 0.5) is 0 Å². The second kappa shape index (κ2) is 9.30. The van der Waals surface area contributed by atoms with Crippen molar-refractivity contribution in [2.45, 2.75) is 39.2 Å². The van der Waals surface area contributed by atoms with Crippen molar-refractivity contribution in [2.75, 3.05) is 40.0 Å². The molecule has 0 rings (SSSR count). The van der Waals surface area contributed by atoms with Crippen LogP contribution in [-0.2, 0) is 14.3 Å². The summed E-state index contributed by atoms with van der Waals surface area (Å²) in [7, 11) is 2.04. The predicted molar refractivity (Wildman–Crippen MR) is 72.4 cm³/mol. The Kier molecular flexibility index (Phi) is 8.97. The summed E-state index contributed by atoms with van der Waals surface area (Å²) < 4.78 is 10.2. The maximum absolute atomic E-state index is 11.6. The second-order valence-corrected chi connectivity index (χ2v) is 4.74. The Morgan fingerprint density at radius 2 is 1.94 bits per heavy atom. The van der Waals surface area contributed by atoms with Crippen LogP contribution in [0.2, 0.25) is 0 Å². The van der Waals surface area contributed by atoms with Gasteiger partial charge in [0.05, 0.1) is 13.2 Å². The van der Waals surface area contributed by atoms with E-state index < -0.39 is 5.54 Å². The monoisotopic (exact) mass is 260 g/mol. The third kappa shape index (κ3) is 7.63. The molecule has 5 heteroatoms. The summed E-state index contributed by atoms with van der Waals surface area (Å²) in [4.78, 5) is 13.7. The van der Waals surface area contributed by atoms with Gasteiger partial charge in [0.1, 0.15) is 5.54 Å². The van der Waals surface area contributed by atoms with E-state index in [2.05, 4.69) is 4.90 Å². The molecule has 0 fully saturated rings. The minimum Gasteiger partial charge on any atom is -0.465 e. The van der Waals surface area contributed by atoms with Crippen LogP contribution in [0.15, 0.2) is 0 Å². The third-order valence-corrected chi connectivity index (χ3v) is 2.80. The largest absolute Gasteiger partial charge is 0.465 e. The molecule has 0 aliphatic heterocycles. The molecule has 0 saturated heterocycles. The smallest absolute Gasteiger partial charge is 0.325 e. The van der Waals surface area contributed by atoms with E-state index >= 15 is 0 Å². The van der Waals surface area contributed by atoms with E-state index in [1.54, 1.807) is 13.8 Å². The maximum atomic E-state index is 11.6. The lowest BCUT2D eigenvalue weighted by molar-refractivity contribution is -0.149. The van der Waals surface area contributed by atoms with Gasteiger partial charge in [0.15, 0.2) is 0 Å². The molecule has 0 aromatic carbocycles. The number of rotatable bonds is 10. The van der Waals surface area contributed by atoms with Crippen molar-refractivity contribution in [3.8, 4) is 0 Å². The summed E-state index contributed by atoms with van der Waals surface area (Å²) in [5.74, 6) is -0.318. The minimum absolute atomic E-state index is 0.318. The summed E-state index contributed by atoms with van der Waals surface area (Å²) in [6.45, 7) is 9.16. The summed E-state index contributed by atoms with van der Waals surface area (Å²) in [6.07, 6.45) is 1.50. The predicted octanol–water partition coefficient (Wildman–Crippen LogP) is 1.02. The number of carbonyl (C=O) groups excluding carboxylic acids is 1. The average molecular weight is 260 g/mol. The van der Waals surface area contributed by atoms with Crippen LogP contribution in [0.1, 0.15) is 33.6 Å². The van der Waals surface area contributed by atoms with E-state index in [-0.39, 0.29) is 5.97 Å². The zero-order valence-corrected chi connectivity index (χ0v) is 12.2. The first-order valence-electron chi connectivity index (χ1n) is 6.66. The number of nitrogens with two attached hydrogens (primary N) is 1. The summed E-state index contributed by atoms with van der Waals surface area (Å²) in [6, 6.07) is 0. The van der Waals surface area contributed by atoms with Crippen LogP contribution >= 0.6 is 0 Å². The van der Waals surface area contributed by atoms with E-state index in [0.717, 1.165) is 32.7 Å². The van der Waals surface area contributed by atoms with Gasteiger partial charge < -0.3 is 20.1 Å². The molecule has 0 aromatic rings. The van der Waals surface area contributed by atoms with Gasteiger partial charge in [-0.3, -0.25) is 4.79 Å². The third-order valence-electron chi connectivity index (χ3n) is 2.80. The molecule has 0 spiro atoms. The number of carbonyl (C=O) groups is 1. The number of hydrogen-bond donors (Lipinski definition) is 1. The highest BCUT2D eigenvalue weighted by atomic mass is 16.5. The first-order chi connectivity index (χ1) is 8.44. The molecule has 108 valence electrons. The molecule has 0 aromatic heterocycles. The quantitative estimate of drug-likeness (QED) is 0.469. The SMILES string of the molecule is CCOCCN(C)CCCC(C)(N)C(=O)OCC. The minimum atomic E-state index is -0.878. The van der Waals surface area contributed by atoms with E-state index in [1.807, 2.05) is 14.0 Å². The number of ether oxygens (including phenoxy) is 2. The molecule has 0 heterocycles. The molecule has 0 radical (unpaired) electrons. The van der Waals surface area contributed by atoms with Crippen molar-refractivity contribution in [3.05, 3.63) is 0 Å². The molecule has 0 bridgehead atoms. The average Bonchev–Trinajstić information content (AvgIpc) is 2.29. The first kappa shape index (κ1) is 17.4. The Hall–Kier alpha value is -0.650. The Morgan fingerprint density at radius 3 is 2.50 bits per heavy atom. The molecule has 1 unspecified atom stereocenters. The fraction of sp³-hybridized carbons (Fsp3) is 0.923. The lowest BCUT2D eigenvalue weighted by atomic mass is 9.97. The normalized spacial score (nSPS) is 14.6. The van der Waals surface area contributed by atoms with E-state index in [1.165, 1.54) is 0 Å². The van der Waals surface area contributed by atoms with Crippen molar-refractivity contribution in [1.29, 1.82) is 0 Å². The first-order valence-corrected chi connectivity index (χ1v) is 6.66. The highest BCUT2D eigenvalue weighted by Gasteiger charge is 2.29. The van der Waals surface area contributed by atoms with Gasteiger partial charge in [-0.1, -0.05) is 0 Å².